The summed E-state index contributed by atoms with van der Waals surface area (Å²) in [6, 6.07) is 3.85. The van der Waals surface area contributed by atoms with E-state index in [-0.39, 0.29) is 17.1 Å². The molecule has 8 nitrogen and oxygen atoms in total. The predicted octanol–water partition coefficient (Wildman–Crippen LogP) is 2.49. The van der Waals surface area contributed by atoms with E-state index in [9.17, 15) is 4.79 Å². The molecule has 0 spiro atoms. The van der Waals surface area contributed by atoms with Crippen molar-refractivity contribution in [1.82, 2.24) is 20.4 Å². The number of nitrogens with zero attached hydrogens (tertiary/aromatic N) is 3. The number of nitrogens with one attached hydrogen (secondary N) is 1. The summed E-state index contributed by atoms with van der Waals surface area (Å²) in [5.74, 6) is 0.694. The Bertz CT molecular complexity index is 1010. The Hall–Kier alpha value is -2.84. The zero-order valence-corrected chi connectivity index (χ0v) is 17.6. The topological polar surface area (TPSA) is 116 Å². The van der Waals surface area contributed by atoms with Gasteiger partial charge in [0.25, 0.3) is 0 Å². The maximum atomic E-state index is 13.3. The number of hydrogen-bond donors (Lipinski definition) is 2. The van der Waals surface area contributed by atoms with Crippen LogP contribution >= 0.6 is 0 Å². The Morgan fingerprint density at radius 1 is 1.33 bits per heavy atom. The SMILES string of the molecule is Cc1nc(C2=C(COCCN)NC3=C(C(=O)CC(C)(C)C3)C2c2cccnc2)no1. The lowest BCUT2D eigenvalue weighted by atomic mass is 9.68. The van der Waals surface area contributed by atoms with Crippen LogP contribution in [0.1, 0.15) is 49.9 Å². The van der Waals surface area contributed by atoms with Crippen LogP contribution in [0, 0.1) is 12.3 Å². The molecule has 2 aromatic heterocycles. The second-order valence-electron chi connectivity index (χ2n) is 8.55. The average Bonchev–Trinajstić information content (AvgIpc) is 3.12. The van der Waals surface area contributed by atoms with E-state index < -0.39 is 0 Å². The average molecular weight is 409 g/mol. The van der Waals surface area contributed by atoms with Crippen LogP contribution < -0.4 is 11.1 Å². The van der Waals surface area contributed by atoms with Gasteiger partial charge in [0.15, 0.2) is 5.78 Å². The van der Waals surface area contributed by atoms with Crippen LogP contribution in [-0.4, -0.2) is 40.7 Å². The Kier molecular flexibility index (Phi) is 5.53. The number of carbonyl (C=O) groups is 1. The first-order chi connectivity index (χ1) is 14.4. The standard InChI is InChI=1S/C22H27N5O3/c1-13-25-21(27-30-13)20-16(12-29-8-6-23)26-15-9-22(2,3)10-17(28)19(15)18(20)14-5-4-7-24-11-14/h4-5,7,11,18,26H,6,8-10,12,23H2,1-3H3. The van der Waals surface area contributed by atoms with Gasteiger partial charge in [-0.1, -0.05) is 25.1 Å². The summed E-state index contributed by atoms with van der Waals surface area (Å²) in [6.07, 6.45) is 4.77. The van der Waals surface area contributed by atoms with Crippen LogP contribution in [0.15, 0.2) is 46.0 Å². The third-order valence-electron chi connectivity index (χ3n) is 5.42. The highest BCUT2D eigenvalue weighted by Crippen LogP contribution is 2.48. The molecule has 0 fully saturated rings. The van der Waals surface area contributed by atoms with Gasteiger partial charge < -0.3 is 20.3 Å². The highest BCUT2D eigenvalue weighted by molar-refractivity contribution is 6.03. The molecule has 2 aromatic rings. The van der Waals surface area contributed by atoms with Crippen molar-refractivity contribution >= 4 is 11.4 Å². The van der Waals surface area contributed by atoms with Crippen molar-refractivity contribution in [2.75, 3.05) is 19.8 Å². The molecule has 0 amide bonds. The van der Waals surface area contributed by atoms with Crippen molar-refractivity contribution in [1.29, 1.82) is 0 Å². The normalized spacial score (nSPS) is 20.9. The summed E-state index contributed by atoms with van der Waals surface area (Å²) in [7, 11) is 0. The van der Waals surface area contributed by atoms with Crippen molar-refractivity contribution < 1.29 is 14.1 Å². The molecule has 0 radical (unpaired) electrons. The summed E-state index contributed by atoms with van der Waals surface area (Å²) >= 11 is 0. The van der Waals surface area contributed by atoms with Gasteiger partial charge in [-0.05, 0) is 23.5 Å². The molecular weight excluding hydrogens is 382 g/mol. The number of carbonyl (C=O) groups excluding carboxylic acids is 1. The molecule has 1 aliphatic carbocycles. The minimum Gasteiger partial charge on any atom is -0.374 e. The Morgan fingerprint density at radius 2 is 2.17 bits per heavy atom. The van der Waals surface area contributed by atoms with Gasteiger partial charge in [0.1, 0.15) is 0 Å². The van der Waals surface area contributed by atoms with Gasteiger partial charge >= 0.3 is 0 Å². The number of ether oxygens (including phenoxy) is 1. The number of nitrogens with two attached hydrogens (primary N) is 1. The van der Waals surface area contributed by atoms with E-state index in [1.54, 1.807) is 19.3 Å². The molecule has 0 saturated carbocycles. The molecule has 0 bridgehead atoms. The zero-order valence-electron chi connectivity index (χ0n) is 17.6. The van der Waals surface area contributed by atoms with Crippen LogP contribution in [0.3, 0.4) is 0 Å². The smallest absolute Gasteiger partial charge is 0.223 e. The lowest BCUT2D eigenvalue weighted by Crippen LogP contribution is -2.38. The molecule has 30 heavy (non-hydrogen) atoms. The molecule has 2 aliphatic rings. The van der Waals surface area contributed by atoms with E-state index in [2.05, 4.69) is 34.3 Å². The van der Waals surface area contributed by atoms with Crippen LogP contribution in [-0.2, 0) is 9.53 Å². The highest BCUT2D eigenvalue weighted by Gasteiger charge is 2.43. The van der Waals surface area contributed by atoms with E-state index in [1.807, 2.05) is 12.1 Å². The maximum Gasteiger partial charge on any atom is 0.223 e. The van der Waals surface area contributed by atoms with Crippen molar-refractivity contribution in [3.05, 3.63) is 58.8 Å². The van der Waals surface area contributed by atoms with Gasteiger partial charge in [-0.25, -0.2) is 0 Å². The molecule has 0 aromatic carbocycles. The summed E-state index contributed by atoms with van der Waals surface area (Å²) in [5, 5.41) is 7.65. The van der Waals surface area contributed by atoms with E-state index in [1.165, 1.54) is 0 Å². The van der Waals surface area contributed by atoms with E-state index >= 15 is 0 Å². The fourth-order valence-corrected chi connectivity index (χ4v) is 4.27. The summed E-state index contributed by atoms with van der Waals surface area (Å²) in [6.45, 7) is 7.13. The number of hydrogen-bond acceptors (Lipinski definition) is 8. The lowest BCUT2D eigenvalue weighted by Gasteiger charge is -2.39. The third-order valence-corrected chi connectivity index (χ3v) is 5.42. The van der Waals surface area contributed by atoms with Crippen molar-refractivity contribution in [3.8, 4) is 0 Å². The molecule has 3 heterocycles. The Balaban J connectivity index is 1.89. The quantitative estimate of drug-likeness (QED) is 0.699. The number of pyridine rings is 1. The number of aromatic nitrogens is 3. The van der Waals surface area contributed by atoms with Gasteiger partial charge in [-0.3, -0.25) is 9.78 Å². The Morgan fingerprint density at radius 3 is 2.83 bits per heavy atom. The lowest BCUT2D eigenvalue weighted by molar-refractivity contribution is -0.118. The number of aryl methyl sites for hydroxylation is 1. The summed E-state index contributed by atoms with van der Waals surface area (Å²) in [5.41, 5.74) is 9.69. The van der Waals surface area contributed by atoms with Crippen molar-refractivity contribution in [3.63, 3.8) is 0 Å². The van der Waals surface area contributed by atoms with Crippen molar-refractivity contribution in [2.45, 2.75) is 39.5 Å². The molecule has 158 valence electrons. The highest BCUT2D eigenvalue weighted by atomic mass is 16.5. The minimum absolute atomic E-state index is 0.119. The summed E-state index contributed by atoms with van der Waals surface area (Å²) in [4.78, 5) is 22.1. The number of Topliss-reactive ketones (excluding diaryl/α,β-unsaturated/α-hetero) is 1. The second-order valence-corrected chi connectivity index (χ2v) is 8.55. The molecule has 3 N–H and O–H groups in total. The molecule has 1 atom stereocenters. The number of ketones is 1. The second kappa shape index (κ2) is 8.12. The zero-order chi connectivity index (χ0) is 21.3. The van der Waals surface area contributed by atoms with Gasteiger partial charge in [0.2, 0.25) is 11.7 Å². The molecule has 4 rings (SSSR count). The first-order valence-corrected chi connectivity index (χ1v) is 10.1. The third kappa shape index (κ3) is 3.93. The van der Waals surface area contributed by atoms with Gasteiger partial charge in [0.05, 0.1) is 13.2 Å². The number of rotatable bonds is 6. The minimum atomic E-state index is -0.341. The van der Waals surface area contributed by atoms with Crippen LogP contribution in [0.5, 0.6) is 0 Å². The van der Waals surface area contributed by atoms with E-state index in [0.717, 1.165) is 34.5 Å². The van der Waals surface area contributed by atoms with Crippen LogP contribution in [0.25, 0.3) is 5.57 Å². The predicted molar refractivity (Wildman–Crippen MR) is 111 cm³/mol. The monoisotopic (exact) mass is 409 g/mol. The fraction of sp³-hybridized carbons (Fsp3) is 0.455. The van der Waals surface area contributed by atoms with Gasteiger partial charge in [-0.2, -0.15) is 4.98 Å². The molecule has 0 saturated heterocycles. The van der Waals surface area contributed by atoms with Crippen LogP contribution in [0.2, 0.25) is 0 Å². The van der Waals surface area contributed by atoms with Crippen molar-refractivity contribution in [2.24, 2.45) is 11.1 Å². The summed E-state index contributed by atoms with van der Waals surface area (Å²) < 4.78 is 11.0. The molecule has 8 heteroatoms. The molecule has 1 aliphatic heterocycles. The van der Waals surface area contributed by atoms with E-state index in [4.69, 9.17) is 15.0 Å². The first kappa shape index (κ1) is 20.4. The first-order valence-electron chi connectivity index (χ1n) is 10.1. The molecular formula is C22H27N5O3. The number of allylic oxidation sites excluding steroid dienone is 3. The van der Waals surface area contributed by atoms with E-state index in [0.29, 0.717) is 37.9 Å². The largest absolute Gasteiger partial charge is 0.374 e. The molecule has 1 unspecified atom stereocenters. The fourth-order valence-electron chi connectivity index (χ4n) is 4.27. The number of dihydropyridines is 1. The van der Waals surface area contributed by atoms with Gasteiger partial charge in [0, 0.05) is 60.7 Å². The Labute approximate surface area is 175 Å². The maximum absolute atomic E-state index is 13.3. The van der Waals surface area contributed by atoms with Crippen LogP contribution in [0.4, 0.5) is 0 Å². The van der Waals surface area contributed by atoms with Gasteiger partial charge in [-0.15, -0.1) is 0 Å².